The van der Waals surface area contributed by atoms with Crippen molar-refractivity contribution < 1.29 is 9.15 Å². The molecule has 8 nitrogen and oxygen atoms in total. The highest BCUT2D eigenvalue weighted by molar-refractivity contribution is 6.33. The number of ether oxygens (including phenoxy) is 1. The van der Waals surface area contributed by atoms with Crippen LogP contribution in [0, 0.1) is 13.8 Å². The lowest BCUT2D eigenvalue weighted by atomic mass is 9.95. The van der Waals surface area contributed by atoms with E-state index in [1.165, 1.54) is 10.8 Å². The van der Waals surface area contributed by atoms with E-state index in [-0.39, 0.29) is 22.9 Å². The molecule has 0 aliphatic rings. The molecule has 4 aromatic rings. The van der Waals surface area contributed by atoms with Gasteiger partial charge in [0.2, 0.25) is 5.88 Å². The van der Waals surface area contributed by atoms with Crippen molar-refractivity contribution in [3.63, 3.8) is 0 Å². The third-order valence-electron chi connectivity index (χ3n) is 5.00. The number of aromatic nitrogens is 5. The van der Waals surface area contributed by atoms with E-state index in [2.05, 4.69) is 15.0 Å². The highest BCUT2D eigenvalue weighted by Gasteiger charge is 2.20. The Balaban J connectivity index is 1.73. The molecule has 176 valence electrons. The molecule has 1 aromatic carbocycles. The Morgan fingerprint density at radius 1 is 1.09 bits per heavy atom. The number of oxazole rings is 1. The van der Waals surface area contributed by atoms with Gasteiger partial charge in [0.25, 0.3) is 5.56 Å². The smallest absolute Gasteiger partial charge is 0.280 e. The van der Waals surface area contributed by atoms with E-state index in [4.69, 9.17) is 37.3 Å². The van der Waals surface area contributed by atoms with Gasteiger partial charge in [0, 0.05) is 24.1 Å². The van der Waals surface area contributed by atoms with Gasteiger partial charge >= 0.3 is 0 Å². The van der Waals surface area contributed by atoms with Gasteiger partial charge in [-0.25, -0.2) is 15.0 Å². The summed E-state index contributed by atoms with van der Waals surface area (Å²) in [6.45, 7) is 9.60. The molecule has 0 spiro atoms. The van der Waals surface area contributed by atoms with Crippen LogP contribution in [0.25, 0.3) is 16.9 Å². The molecule has 0 fully saturated rings. The molecule has 0 atom stereocenters. The monoisotopic (exact) mass is 499 g/mol. The highest BCUT2D eigenvalue weighted by Crippen LogP contribution is 2.29. The van der Waals surface area contributed by atoms with Gasteiger partial charge in [0.1, 0.15) is 30.2 Å². The van der Waals surface area contributed by atoms with Crippen LogP contribution < -0.4 is 10.3 Å². The van der Waals surface area contributed by atoms with Crippen LogP contribution in [0.1, 0.15) is 44.0 Å². The first-order chi connectivity index (χ1) is 16.0. The maximum Gasteiger partial charge on any atom is 0.280 e. The van der Waals surface area contributed by atoms with Crippen molar-refractivity contribution in [2.24, 2.45) is 0 Å². The maximum atomic E-state index is 13.2. The second kappa shape index (κ2) is 9.19. The fourth-order valence-electron chi connectivity index (χ4n) is 3.30. The molecule has 0 amide bonds. The minimum Gasteiger partial charge on any atom is -0.470 e. The predicted molar refractivity (Wildman–Crippen MR) is 130 cm³/mol. The Morgan fingerprint density at radius 3 is 2.53 bits per heavy atom. The van der Waals surface area contributed by atoms with E-state index in [1.54, 1.807) is 32.2 Å². The van der Waals surface area contributed by atoms with Gasteiger partial charge < -0.3 is 9.15 Å². The summed E-state index contributed by atoms with van der Waals surface area (Å²) in [5.74, 6) is 1.59. The summed E-state index contributed by atoms with van der Waals surface area (Å²) in [5.41, 5.74) is 1.77. The molecule has 0 saturated carbocycles. The quantitative estimate of drug-likeness (QED) is 0.358. The Bertz CT molecular complexity index is 1420. The number of benzene rings is 1. The lowest BCUT2D eigenvalue weighted by molar-refractivity contribution is 0.287. The zero-order chi connectivity index (χ0) is 24.6. The second-order valence-corrected chi connectivity index (χ2v) is 9.53. The Kier molecular flexibility index (Phi) is 6.47. The molecule has 4 rings (SSSR count). The van der Waals surface area contributed by atoms with Crippen LogP contribution in [-0.2, 0) is 12.0 Å². The Morgan fingerprint density at radius 2 is 1.85 bits per heavy atom. The average molecular weight is 500 g/mol. The van der Waals surface area contributed by atoms with Crippen LogP contribution in [0.15, 0.2) is 45.9 Å². The maximum absolute atomic E-state index is 13.2. The van der Waals surface area contributed by atoms with Gasteiger partial charge in [-0.15, -0.1) is 0 Å². The third kappa shape index (κ3) is 4.83. The minimum atomic E-state index is -0.502. The molecule has 3 aromatic heterocycles. The van der Waals surface area contributed by atoms with Gasteiger partial charge in [0.15, 0.2) is 10.9 Å². The lowest BCUT2D eigenvalue weighted by Crippen LogP contribution is -2.24. The average Bonchev–Trinajstić information content (AvgIpc) is 3.21. The largest absolute Gasteiger partial charge is 0.470 e. The normalized spacial score (nSPS) is 11.6. The molecule has 0 unspecified atom stereocenters. The predicted octanol–water partition coefficient (Wildman–Crippen LogP) is 5.48. The van der Waals surface area contributed by atoms with Crippen molar-refractivity contribution in [3.05, 3.63) is 80.4 Å². The van der Waals surface area contributed by atoms with E-state index >= 15 is 0 Å². The van der Waals surface area contributed by atoms with Gasteiger partial charge in [-0.3, -0.25) is 9.36 Å². The molecule has 0 saturated heterocycles. The summed E-state index contributed by atoms with van der Waals surface area (Å²) in [5, 5.41) is 0.202. The van der Waals surface area contributed by atoms with Crippen molar-refractivity contribution >= 4 is 23.2 Å². The zero-order valence-corrected chi connectivity index (χ0v) is 20.9. The number of nitrogens with zero attached hydrogens (tertiary/aromatic N) is 5. The fourth-order valence-corrected chi connectivity index (χ4v) is 3.69. The first-order valence-electron chi connectivity index (χ1n) is 10.5. The number of rotatable bonds is 5. The molecule has 0 radical (unpaired) electrons. The molecular formula is C24H23Cl2N5O3. The summed E-state index contributed by atoms with van der Waals surface area (Å²) in [7, 11) is 0. The molecule has 0 aliphatic heterocycles. The first-order valence-corrected chi connectivity index (χ1v) is 11.3. The van der Waals surface area contributed by atoms with Crippen molar-refractivity contribution in [2.45, 2.75) is 46.6 Å². The van der Waals surface area contributed by atoms with Gasteiger partial charge in [-0.1, -0.05) is 50.0 Å². The van der Waals surface area contributed by atoms with Crippen LogP contribution in [0.4, 0.5) is 0 Å². The molecule has 3 heterocycles. The van der Waals surface area contributed by atoms with E-state index in [0.29, 0.717) is 39.6 Å². The van der Waals surface area contributed by atoms with E-state index in [0.717, 1.165) is 5.56 Å². The zero-order valence-electron chi connectivity index (χ0n) is 19.4. The second-order valence-electron chi connectivity index (χ2n) is 8.75. The number of hydrogen-bond acceptors (Lipinski definition) is 7. The van der Waals surface area contributed by atoms with Crippen molar-refractivity contribution in [1.82, 2.24) is 24.5 Å². The van der Waals surface area contributed by atoms with Crippen LogP contribution in [-0.4, -0.2) is 24.5 Å². The lowest BCUT2D eigenvalue weighted by Gasteiger charge is -2.17. The van der Waals surface area contributed by atoms with Crippen LogP contribution in [0.2, 0.25) is 10.0 Å². The fraction of sp³-hybridized carbons (Fsp3) is 0.292. The summed E-state index contributed by atoms with van der Waals surface area (Å²) in [6, 6.07) is 7.14. The Labute approximate surface area is 206 Å². The molecule has 0 aliphatic carbocycles. The first kappa shape index (κ1) is 23.9. The minimum absolute atomic E-state index is 0.0129. The summed E-state index contributed by atoms with van der Waals surface area (Å²) < 4.78 is 12.1. The van der Waals surface area contributed by atoms with Gasteiger partial charge in [-0.2, -0.15) is 4.98 Å². The van der Waals surface area contributed by atoms with Crippen LogP contribution in [0.3, 0.4) is 0 Å². The summed E-state index contributed by atoms with van der Waals surface area (Å²) in [6.07, 6.45) is 3.19. The van der Waals surface area contributed by atoms with Crippen LogP contribution >= 0.6 is 23.2 Å². The van der Waals surface area contributed by atoms with Crippen molar-refractivity contribution in [1.29, 1.82) is 0 Å². The topological polar surface area (TPSA) is 95.9 Å². The summed E-state index contributed by atoms with van der Waals surface area (Å²) in [4.78, 5) is 30.8. The van der Waals surface area contributed by atoms with E-state index < -0.39 is 5.56 Å². The molecule has 10 heteroatoms. The molecular weight excluding hydrogens is 477 g/mol. The van der Waals surface area contributed by atoms with E-state index in [1.807, 2.05) is 32.9 Å². The Hall–Kier alpha value is -3.23. The number of hydrogen-bond donors (Lipinski definition) is 0. The van der Waals surface area contributed by atoms with E-state index in [9.17, 15) is 4.79 Å². The SMILES string of the molecule is Cc1nc(COc2nc(C)n(-c3cc(-c4ccnc(C(C)(C)C)n4)ccc3Cl)c(=O)c2Cl)co1. The molecule has 0 N–H and O–H groups in total. The molecule has 34 heavy (non-hydrogen) atoms. The standard InChI is InChI=1S/C24H23Cl2N5O3/c1-13-28-21(34-12-16-11-33-14(2)29-16)20(26)22(32)31(13)19-10-15(6-7-17(19)25)18-8-9-27-23(30-18)24(3,4)5/h6-11H,12H2,1-5H3. The number of halogens is 2. The molecule has 0 bridgehead atoms. The van der Waals surface area contributed by atoms with Gasteiger partial charge in [-0.05, 0) is 25.1 Å². The number of aryl methyl sites for hydroxylation is 2. The van der Waals surface area contributed by atoms with Crippen molar-refractivity contribution in [3.8, 4) is 22.8 Å². The van der Waals surface area contributed by atoms with Gasteiger partial charge in [0.05, 0.1) is 16.4 Å². The van der Waals surface area contributed by atoms with Crippen LogP contribution in [0.5, 0.6) is 5.88 Å². The summed E-state index contributed by atoms with van der Waals surface area (Å²) >= 11 is 12.8. The van der Waals surface area contributed by atoms with Crippen molar-refractivity contribution in [2.75, 3.05) is 0 Å². The third-order valence-corrected chi connectivity index (χ3v) is 5.64. The highest BCUT2D eigenvalue weighted by atomic mass is 35.5.